The maximum absolute atomic E-state index is 6.03. The molecule has 4 rings (SSSR count). The van der Waals surface area contributed by atoms with Gasteiger partial charge in [-0.3, -0.25) is 4.90 Å². The van der Waals surface area contributed by atoms with Gasteiger partial charge in [0, 0.05) is 37.6 Å². The van der Waals surface area contributed by atoms with Gasteiger partial charge in [-0.15, -0.1) is 11.3 Å². The zero-order valence-electron chi connectivity index (χ0n) is 13.2. The third-order valence-electron chi connectivity index (χ3n) is 4.99. The van der Waals surface area contributed by atoms with Gasteiger partial charge in [0.05, 0.1) is 16.1 Å². The zero-order valence-corrected chi connectivity index (χ0v) is 15.6. The Labute approximate surface area is 150 Å². The van der Waals surface area contributed by atoms with Gasteiger partial charge in [-0.25, -0.2) is 4.98 Å². The van der Waals surface area contributed by atoms with Crippen LogP contribution in [0.2, 0.25) is 5.02 Å². The molecule has 0 bridgehead atoms. The number of rotatable bonds is 3. The first-order valence-corrected chi connectivity index (χ1v) is 10.6. The number of nitrogens with zero attached hydrogens (tertiary/aromatic N) is 3. The van der Waals surface area contributed by atoms with E-state index in [4.69, 9.17) is 11.6 Å². The summed E-state index contributed by atoms with van der Waals surface area (Å²) in [6.45, 7) is 4.65. The average Bonchev–Trinajstić information content (AvgIpc) is 3.25. The molecule has 2 aromatic rings. The molecule has 3 nitrogen and oxygen atoms in total. The number of thiazole rings is 1. The summed E-state index contributed by atoms with van der Waals surface area (Å²) in [6, 6.07) is 2.85. The van der Waals surface area contributed by atoms with E-state index in [0.717, 1.165) is 29.2 Å². The minimum Gasteiger partial charge on any atom is -0.360 e. The Kier molecular flexibility index (Phi) is 4.90. The smallest absolute Gasteiger partial charge is 0.135 e. The topological polar surface area (TPSA) is 19.4 Å². The lowest BCUT2D eigenvalue weighted by Crippen LogP contribution is -2.50. The van der Waals surface area contributed by atoms with E-state index >= 15 is 0 Å². The number of hydrogen-bond acceptors (Lipinski definition) is 5. The Morgan fingerprint density at radius 3 is 2.57 bits per heavy atom. The second kappa shape index (κ2) is 7.09. The number of piperazine rings is 1. The fourth-order valence-electron chi connectivity index (χ4n) is 3.70. The van der Waals surface area contributed by atoms with Crippen molar-refractivity contribution in [3.63, 3.8) is 0 Å². The highest BCUT2D eigenvalue weighted by Crippen LogP contribution is 2.36. The largest absolute Gasteiger partial charge is 0.360 e. The van der Waals surface area contributed by atoms with E-state index in [2.05, 4.69) is 14.8 Å². The molecule has 3 heterocycles. The van der Waals surface area contributed by atoms with Gasteiger partial charge in [0.15, 0.2) is 0 Å². The van der Waals surface area contributed by atoms with Crippen LogP contribution in [0.4, 0.5) is 5.00 Å². The first-order valence-electron chi connectivity index (χ1n) is 8.49. The van der Waals surface area contributed by atoms with Crippen molar-refractivity contribution in [2.24, 2.45) is 0 Å². The van der Waals surface area contributed by atoms with Crippen LogP contribution in [0.5, 0.6) is 0 Å². The number of hydrogen-bond donors (Lipinski definition) is 0. The van der Waals surface area contributed by atoms with Crippen LogP contribution in [0.15, 0.2) is 17.6 Å². The van der Waals surface area contributed by atoms with Crippen molar-refractivity contribution in [3.05, 3.63) is 22.7 Å². The zero-order chi connectivity index (χ0) is 15.6. The van der Waals surface area contributed by atoms with E-state index in [-0.39, 0.29) is 0 Å². The molecule has 124 valence electrons. The Hall–Kier alpha value is -0.620. The monoisotopic (exact) mass is 367 g/mol. The summed E-state index contributed by atoms with van der Waals surface area (Å²) >= 11 is 9.49. The van der Waals surface area contributed by atoms with Crippen molar-refractivity contribution in [3.8, 4) is 9.88 Å². The molecule has 1 aliphatic heterocycles. The van der Waals surface area contributed by atoms with Crippen LogP contribution in [-0.2, 0) is 0 Å². The predicted octanol–water partition coefficient (Wildman–Crippen LogP) is 4.98. The third-order valence-corrected chi connectivity index (χ3v) is 7.49. The first kappa shape index (κ1) is 15.9. The van der Waals surface area contributed by atoms with Crippen molar-refractivity contribution >= 4 is 39.3 Å². The molecule has 1 saturated heterocycles. The van der Waals surface area contributed by atoms with E-state index < -0.39 is 0 Å². The summed E-state index contributed by atoms with van der Waals surface area (Å²) in [5, 5.41) is 5.17. The highest BCUT2D eigenvalue weighted by molar-refractivity contribution is 7.23. The van der Waals surface area contributed by atoms with Crippen molar-refractivity contribution in [2.75, 3.05) is 31.1 Å². The maximum atomic E-state index is 6.03. The van der Waals surface area contributed by atoms with Gasteiger partial charge in [0.25, 0.3) is 0 Å². The quantitative estimate of drug-likeness (QED) is 0.762. The normalized spacial score (nSPS) is 21.0. The molecule has 23 heavy (non-hydrogen) atoms. The van der Waals surface area contributed by atoms with Crippen LogP contribution in [0.1, 0.15) is 32.1 Å². The summed E-state index contributed by atoms with van der Waals surface area (Å²) in [5.74, 6) is 0. The van der Waals surface area contributed by atoms with Crippen molar-refractivity contribution in [2.45, 2.75) is 38.1 Å². The minimum absolute atomic E-state index is 0.808. The molecule has 1 saturated carbocycles. The van der Waals surface area contributed by atoms with E-state index in [9.17, 15) is 0 Å². The summed E-state index contributed by atoms with van der Waals surface area (Å²) in [6.07, 6.45) is 9.13. The molecule has 0 amide bonds. The van der Waals surface area contributed by atoms with Crippen LogP contribution in [0.3, 0.4) is 0 Å². The fourth-order valence-corrected chi connectivity index (χ4v) is 5.82. The lowest BCUT2D eigenvalue weighted by molar-refractivity contribution is 0.148. The van der Waals surface area contributed by atoms with Gasteiger partial charge in [-0.1, -0.05) is 42.2 Å². The van der Waals surface area contributed by atoms with Crippen LogP contribution >= 0.6 is 34.3 Å². The van der Waals surface area contributed by atoms with Crippen LogP contribution in [-0.4, -0.2) is 42.1 Å². The molecule has 0 aromatic carbocycles. The molecule has 2 aliphatic rings. The molecule has 0 spiro atoms. The van der Waals surface area contributed by atoms with Crippen molar-refractivity contribution < 1.29 is 0 Å². The molecule has 0 radical (unpaired) electrons. The van der Waals surface area contributed by atoms with Gasteiger partial charge < -0.3 is 4.90 Å². The molecular weight excluding hydrogens is 346 g/mol. The van der Waals surface area contributed by atoms with Crippen LogP contribution in [0, 0.1) is 0 Å². The summed E-state index contributed by atoms with van der Waals surface area (Å²) in [5.41, 5.74) is 0. The SMILES string of the molecule is Clc1csc(-c2ncc(N3CCN(C4CCCCC4)CC3)s2)c1. The van der Waals surface area contributed by atoms with E-state index in [1.54, 1.807) is 22.7 Å². The molecule has 6 heteroatoms. The molecule has 0 N–H and O–H groups in total. The Balaban J connectivity index is 1.38. The lowest BCUT2D eigenvalue weighted by atomic mass is 9.94. The standard InChI is InChI=1S/C17H22ClN3S2/c18-13-10-15(22-12-13)17-19-11-16(23-17)21-8-6-20(7-9-21)14-4-2-1-3-5-14/h10-12,14H,1-9H2. The van der Waals surface area contributed by atoms with Crippen LogP contribution < -0.4 is 4.90 Å². The summed E-state index contributed by atoms with van der Waals surface area (Å²) < 4.78 is 0. The van der Waals surface area contributed by atoms with Gasteiger partial charge in [0.1, 0.15) is 10.0 Å². The summed E-state index contributed by atoms with van der Waals surface area (Å²) in [4.78, 5) is 11.0. The number of thiophene rings is 1. The number of aromatic nitrogens is 1. The van der Waals surface area contributed by atoms with E-state index in [1.165, 1.54) is 55.1 Å². The highest BCUT2D eigenvalue weighted by atomic mass is 35.5. The van der Waals surface area contributed by atoms with Gasteiger partial charge in [-0.2, -0.15) is 0 Å². The lowest BCUT2D eigenvalue weighted by Gasteiger charge is -2.41. The second-order valence-electron chi connectivity index (χ2n) is 6.45. The molecule has 2 fully saturated rings. The second-order valence-corrected chi connectivity index (χ2v) is 8.80. The first-order chi connectivity index (χ1) is 11.3. The maximum Gasteiger partial charge on any atom is 0.135 e. The summed E-state index contributed by atoms with van der Waals surface area (Å²) in [7, 11) is 0. The molecular formula is C17H22ClN3S2. The average molecular weight is 368 g/mol. The van der Waals surface area contributed by atoms with E-state index in [0.29, 0.717) is 0 Å². The van der Waals surface area contributed by atoms with Gasteiger partial charge in [-0.05, 0) is 18.9 Å². The fraction of sp³-hybridized carbons (Fsp3) is 0.588. The van der Waals surface area contributed by atoms with E-state index in [1.807, 2.05) is 17.6 Å². The predicted molar refractivity (Wildman–Crippen MR) is 101 cm³/mol. The molecule has 0 unspecified atom stereocenters. The molecule has 1 aliphatic carbocycles. The van der Waals surface area contributed by atoms with Crippen LogP contribution in [0.25, 0.3) is 9.88 Å². The Morgan fingerprint density at radius 2 is 1.87 bits per heavy atom. The van der Waals surface area contributed by atoms with Crippen molar-refractivity contribution in [1.82, 2.24) is 9.88 Å². The van der Waals surface area contributed by atoms with Crippen molar-refractivity contribution in [1.29, 1.82) is 0 Å². The number of halogens is 1. The third kappa shape index (κ3) is 3.58. The number of anilines is 1. The van der Waals surface area contributed by atoms with Gasteiger partial charge >= 0.3 is 0 Å². The molecule has 0 atom stereocenters. The minimum atomic E-state index is 0.808. The Morgan fingerprint density at radius 1 is 1.09 bits per heavy atom. The van der Waals surface area contributed by atoms with Gasteiger partial charge in [0.2, 0.25) is 0 Å². The molecule has 2 aromatic heterocycles. The Bertz CT molecular complexity index is 640. The highest BCUT2D eigenvalue weighted by Gasteiger charge is 2.26.